The van der Waals surface area contributed by atoms with Gasteiger partial charge in [-0.25, -0.2) is 0 Å². The van der Waals surface area contributed by atoms with Crippen LogP contribution in [0.2, 0.25) is 0 Å². The van der Waals surface area contributed by atoms with Gasteiger partial charge in [0.25, 0.3) is 5.91 Å². The van der Waals surface area contributed by atoms with Gasteiger partial charge in [-0.2, -0.15) is 0 Å². The van der Waals surface area contributed by atoms with Gasteiger partial charge in [-0.05, 0) is 35.9 Å². The summed E-state index contributed by atoms with van der Waals surface area (Å²) < 4.78 is 0. The van der Waals surface area contributed by atoms with Crippen LogP contribution in [0.15, 0.2) is 71.6 Å². The van der Waals surface area contributed by atoms with E-state index in [-0.39, 0.29) is 5.91 Å². The third kappa shape index (κ3) is 8.44. The lowest BCUT2D eigenvalue weighted by molar-refractivity contribution is -1.01. The molecule has 1 heterocycles. The maximum Gasteiger partial charge on any atom is 0.275 e. The van der Waals surface area contributed by atoms with Gasteiger partial charge in [-0.15, -0.1) is 11.8 Å². The molecule has 3 N–H and O–H groups in total. The first-order chi connectivity index (χ1) is 14.3. The van der Waals surface area contributed by atoms with Gasteiger partial charge in [0.1, 0.15) is 26.2 Å². The van der Waals surface area contributed by atoms with Crippen LogP contribution in [0.3, 0.4) is 0 Å². The number of hydrogen-bond donors (Lipinski definition) is 3. The lowest BCUT2D eigenvalue weighted by atomic mass is 10.2. The topological polar surface area (TPSA) is 38.0 Å². The number of nitrogens with one attached hydrogen (secondary N) is 3. The largest absolute Gasteiger partial charge is 0.351 e. The first-order valence-corrected chi connectivity index (χ1v) is 11.6. The second-order valence-corrected chi connectivity index (χ2v) is 8.73. The zero-order valence-corrected chi connectivity index (χ0v) is 17.9. The van der Waals surface area contributed by atoms with Crippen LogP contribution < -0.4 is 15.1 Å². The Morgan fingerprint density at radius 3 is 2.31 bits per heavy atom. The minimum Gasteiger partial charge on any atom is -0.351 e. The number of benzene rings is 2. The van der Waals surface area contributed by atoms with E-state index in [4.69, 9.17) is 0 Å². The Morgan fingerprint density at radius 1 is 0.931 bits per heavy atom. The van der Waals surface area contributed by atoms with Crippen LogP contribution in [0.25, 0.3) is 6.08 Å². The Kier molecular flexibility index (Phi) is 9.30. The fourth-order valence-corrected chi connectivity index (χ4v) is 4.43. The smallest absolute Gasteiger partial charge is 0.275 e. The molecule has 1 aliphatic rings. The van der Waals surface area contributed by atoms with Crippen molar-refractivity contribution in [2.24, 2.45) is 0 Å². The summed E-state index contributed by atoms with van der Waals surface area (Å²) in [5.41, 5.74) is 1.26. The van der Waals surface area contributed by atoms with Gasteiger partial charge in [0.05, 0.1) is 6.54 Å². The lowest BCUT2D eigenvalue weighted by Gasteiger charge is -2.28. The summed E-state index contributed by atoms with van der Waals surface area (Å²) >= 11 is 1.85. The summed E-state index contributed by atoms with van der Waals surface area (Å²) in [7, 11) is 0. The monoisotopic (exact) mass is 411 g/mol. The average molecular weight is 412 g/mol. The third-order valence-corrected chi connectivity index (χ3v) is 6.34. The van der Waals surface area contributed by atoms with Crippen LogP contribution in [-0.2, 0) is 4.79 Å². The number of rotatable bonds is 10. The van der Waals surface area contributed by atoms with Crippen molar-refractivity contribution in [3.8, 4) is 0 Å². The van der Waals surface area contributed by atoms with E-state index in [0.717, 1.165) is 51.4 Å². The molecule has 0 saturated carbocycles. The highest BCUT2D eigenvalue weighted by Crippen LogP contribution is 2.17. The highest BCUT2D eigenvalue weighted by Gasteiger charge is 2.23. The number of carbonyl (C=O) groups excluding carboxylic acids is 1. The van der Waals surface area contributed by atoms with Crippen molar-refractivity contribution in [1.29, 1.82) is 0 Å². The molecule has 2 aromatic rings. The molecule has 154 valence electrons. The van der Waals surface area contributed by atoms with E-state index < -0.39 is 0 Å². The van der Waals surface area contributed by atoms with Gasteiger partial charge in [-0.1, -0.05) is 54.6 Å². The van der Waals surface area contributed by atoms with Gasteiger partial charge in [0.15, 0.2) is 6.54 Å². The summed E-state index contributed by atoms with van der Waals surface area (Å²) in [6.07, 6.45) is 5.48. The minimum absolute atomic E-state index is 0.192. The molecule has 4 nitrogen and oxygen atoms in total. The lowest BCUT2D eigenvalue weighted by Crippen LogP contribution is -3.28. The molecule has 1 amide bonds. The molecular formula is C24H33N3OS+2. The van der Waals surface area contributed by atoms with Crippen LogP contribution in [-0.4, -0.2) is 57.5 Å². The molecule has 1 saturated heterocycles. The molecule has 0 radical (unpaired) electrons. The van der Waals surface area contributed by atoms with Crippen molar-refractivity contribution >= 4 is 23.7 Å². The average Bonchev–Trinajstić information content (AvgIpc) is 2.76. The Hall–Kier alpha value is -2.08. The van der Waals surface area contributed by atoms with Crippen molar-refractivity contribution in [1.82, 2.24) is 5.32 Å². The third-order valence-electron chi connectivity index (χ3n) is 5.25. The quantitative estimate of drug-likeness (QED) is 0.399. The minimum atomic E-state index is 0.192. The number of hydrogen-bond acceptors (Lipinski definition) is 2. The van der Waals surface area contributed by atoms with E-state index in [9.17, 15) is 4.79 Å². The number of quaternary nitrogens is 2. The Morgan fingerprint density at radius 2 is 1.59 bits per heavy atom. The molecule has 1 aliphatic heterocycles. The summed E-state index contributed by atoms with van der Waals surface area (Å²) in [6.45, 7) is 6.86. The van der Waals surface area contributed by atoms with Gasteiger partial charge in [0.2, 0.25) is 0 Å². The van der Waals surface area contributed by atoms with Gasteiger partial charge < -0.3 is 15.1 Å². The summed E-state index contributed by atoms with van der Waals surface area (Å²) in [5.74, 6) is 1.23. The first-order valence-electron chi connectivity index (χ1n) is 10.6. The second kappa shape index (κ2) is 12.5. The van der Waals surface area contributed by atoms with Gasteiger partial charge >= 0.3 is 0 Å². The normalized spacial score (nSPS) is 19.3. The molecule has 0 aliphatic carbocycles. The fourth-order valence-electron chi connectivity index (χ4n) is 3.56. The Balaban J connectivity index is 1.23. The fraction of sp³-hybridized carbons (Fsp3) is 0.375. The predicted octanol–water partition coefficient (Wildman–Crippen LogP) is 0.782. The Bertz CT molecular complexity index is 743. The molecule has 0 aromatic heterocycles. The number of piperazine rings is 1. The summed E-state index contributed by atoms with van der Waals surface area (Å²) in [4.78, 5) is 16.5. The van der Waals surface area contributed by atoms with E-state index in [0.29, 0.717) is 6.54 Å². The molecular weight excluding hydrogens is 378 g/mol. The van der Waals surface area contributed by atoms with Crippen molar-refractivity contribution < 1.29 is 14.6 Å². The van der Waals surface area contributed by atoms with Crippen LogP contribution in [0, 0.1) is 0 Å². The molecule has 5 heteroatoms. The maximum absolute atomic E-state index is 12.2. The van der Waals surface area contributed by atoms with Crippen LogP contribution in [0.4, 0.5) is 0 Å². The molecule has 0 atom stereocenters. The SMILES string of the molecule is O=C(C[NH+]1CC[NH+](C/C=C/c2ccccc2)CC1)NCCCSc1ccccc1. The van der Waals surface area contributed by atoms with Crippen LogP contribution in [0.5, 0.6) is 0 Å². The van der Waals surface area contributed by atoms with E-state index >= 15 is 0 Å². The number of carbonyl (C=O) groups is 1. The standard InChI is InChI=1S/C24H31N3OS/c28-24(25-14-8-20-29-23-12-5-2-6-13-23)21-27-18-16-26(17-19-27)15-7-11-22-9-3-1-4-10-22/h1-7,9-13H,8,14-21H2,(H,25,28)/p+2/b11-7+. The van der Waals surface area contributed by atoms with Crippen molar-refractivity contribution in [2.45, 2.75) is 11.3 Å². The summed E-state index contributed by atoms with van der Waals surface area (Å²) in [5, 5.41) is 3.09. The highest BCUT2D eigenvalue weighted by atomic mass is 32.2. The molecule has 3 rings (SSSR count). The zero-order valence-electron chi connectivity index (χ0n) is 17.1. The van der Waals surface area contributed by atoms with Crippen molar-refractivity contribution in [3.05, 3.63) is 72.3 Å². The molecule has 2 aromatic carbocycles. The number of amides is 1. The molecule has 0 unspecified atom stereocenters. The van der Waals surface area contributed by atoms with Crippen LogP contribution >= 0.6 is 11.8 Å². The first kappa shape index (κ1) is 21.6. The predicted molar refractivity (Wildman–Crippen MR) is 121 cm³/mol. The molecule has 0 spiro atoms. The van der Waals surface area contributed by atoms with Gasteiger partial charge in [0, 0.05) is 11.4 Å². The van der Waals surface area contributed by atoms with E-state index in [1.807, 2.05) is 23.9 Å². The maximum atomic E-state index is 12.2. The van der Waals surface area contributed by atoms with E-state index in [1.54, 1.807) is 4.90 Å². The molecule has 0 bridgehead atoms. The van der Waals surface area contributed by atoms with Gasteiger partial charge in [-0.3, -0.25) is 4.79 Å². The summed E-state index contributed by atoms with van der Waals surface area (Å²) in [6, 6.07) is 20.9. The van der Waals surface area contributed by atoms with Crippen molar-refractivity contribution in [3.63, 3.8) is 0 Å². The molecule has 1 fully saturated rings. The Labute approximate surface area is 179 Å². The number of thioether (sulfide) groups is 1. The molecule has 29 heavy (non-hydrogen) atoms. The van der Waals surface area contributed by atoms with Crippen LogP contribution in [0.1, 0.15) is 12.0 Å². The highest BCUT2D eigenvalue weighted by molar-refractivity contribution is 7.99. The second-order valence-electron chi connectivity index (χ2n) is 7.56. The van der Waals surface area contributed by atoms with E-state index in [2.05, 4.69) is 66.0 Å². The van der Waals surface area contributed by atoms with Crippen molar-refractivity contribution in [2.75, 3.05) is 51.6 Å². The zero-order chi connectivity index (χ0) is 20.2. The van der Waals surface area contributed by atoms with E-state index in [1.165, 1.54) is 15.4 Å².